The van der Waals surface area contributed by atoms with Crippen molar-refractivity contribution >= 4 is 10.0 Å². The fourth-order valence-electron chi connectivity index (χ4n) is 2.78. The summed E-state index contributed by atoms with van der Waals surface area (Å²) < 4.78 is 74.5. The maximum Gasteiger partial charge on any atom is 0.452 e. The van der Waals surface area contributed by atoms with Crippen molar-refractivity contribution in [3.63, 3.8) is 0 Å². The molecule has 0 radical (unpaired) electrons. The first kappa shape index (κ1) is 17.8. The van der Waals surface area contributed by atoms with Gasteiger partial charge in [0.25, 0.3) is 10.0 Å². The Morgan fingerprint density at radius 3 is 2.52 bits per heavy atom. The van der Waals surface area contributed by atoms with Crippen LogP contribution in [0.25, 0.3) is 11.5 Å². The summed E-state index contributed by atoms with van der Waals surface area (Å²) in [5, 5.41) is 2.87. The van der Waals surface area contributed by atoms with Crippen LogP contribution >= 0.6 is 0 Å². The molecule has 1 aromatic carbocycles. The zero-order valence-corrected chi connectivity index (χ0v) is 14.4. The van der Waals surface area contributed by atoms with Gasteiger partial charge in [0, 0.05) is 18.0 Å². The van der Waals surface area contributed by atoms with Crippen molar-refractivity contribution < 1.29 is 30.5 Å². The Hall–Kier alpha value is -2.59. The molecule has 3 aromatic rings. The SMILES string of the molecule is O=S(=O)(N[C@H]1C[C@@H]1c1ccccc1)c1ccc(-c2cc(C(F)(F)F)on2)o1. The number of furan rings is 1. The molecule has 0 bridgehead atoms. The Labute approximate surface area is 152 Å². The molecule has 0 spiro atoms. The highest BCUT2D eigenvalue weighted by molar-refractivity contribution is 7.89. The van der Waals surface area contributed by atoms with Gasteiger partial charge in [0.15, 0.2) is 5.76 Å². The minimum Gasteiger partial charge on any atom is -0.441 e. The predicted octanol–water partition coefficient (Wildman–Crippen LogP) is 3.79. The van der Waals surface area contributed by atoms with Crippen LogP contribution in [0.3, 0.4) is 0 Å². The second-order valence-corrected chi connectivity index (χ2v) is 7.82. The molecule has 0 saturated heterocycles. The molecule has 27 heavy (non-hydrogen) atoms. The fourth-order valence-corrected chi connectivity index (χ4v) is 4.00. The average Bonchev–Trinajstić information content (AvgIpc) is 3.05. The van der Waals surface area contributed by atoms with Crippen molar-refractivity contribution in [3.05, 3.63) is 59.9 Å². The van der Waals surface area contributed by atoms with E-state index in [1.807, 2.05) is 30.3 Å². The van der Waals surface area contributed by atoms with Crippen LogP contribution in [-0.4, -0.2) is 19.6 Å². The Kier molecular flexibility index (Phi) is 4.11. The monoisotopic (exact) mass is 398 g/mol. The van der Waals surface area contributed by atoms with E-state index in [9.17, 15) is 21.6 Å². The van der Waals surface area contributed by atoms with Crippen LogP contribution in [0.4, 0.5) is 13.2 Å². The second kappa shape index (κ2) is 6.24. The fraction of sp³-hybridized carbons (Fsp3) is 0.235. The Bertz CT molecular complexity index is 1060. The van der Waals surface area contributed by atoms with Crippen LogP contribution in [0.1, 0.15) is 23.7 Å². The van der Waals surface area contributed by atoms with Gasteiger partial charge in [-0.25, -0.2) is 13.1 Å². The van der Waals surface area contributed by atoms with E-state index in [1.54, 1.807) is 0 Å². The summed E-state index contributed by atoms with van der Waals surface area (Å²) in [6, 6.07) is 12.3. The van der Waals surface area contributed by atoms with E-state index in [1.165, 1.54) is 12.1 Å². The number of aromatic nitrogens is 1. The number of rotatable bonds is 5. The van der Waals surface area contributed by atoms with Crippen molar-refractivity contribution in [1.82, 2.24) is 9.88 Å². The van der Waals surface area contributed by atoms with Crippen LogP contribution in [-0.2, 0) is 16.2 Å². The van der Waals surface area contributed by atoms with Gasteiger partial charge in [-0.05, 0) is 24.1 Å². The molecule has 0 aliphatic heterocycles. The van der Waals surface area contributed by atoms with Gasteiger partial charge in [-0.3, -0.25) is 0 Å². The third-order valence-electron chi connectivity index (χ3n) is 4.21. The number of hydrogen-bond acceptors (Lipinski definition) is 5. The largest absolute Gasteiger partial charge is 0.452 e. The summed E-state index contributed by atoms with van der Waals surface area (Å²) in [5.74, 6) is -1.34. The smallest absolute Gasteiger partial charge is 0.441 e. The molecule has 2 aromatic heterocycles. The molecule has 1 aliphatic carbocycles. The summed E-state index contributed by atoms with van der Waals surface area (Å²) >= 11 is 0. The Morgan fingerprint density at radius 2 is 1.85 bits per heavy atom. The molecular formula is C17H13F3N2O4S. The van der Waals surface area contributed by atoms with Crippen LogP contribution in [0.5, 0.6) is 0 Å². The summed E-state index contributed by atoms with van der Waals surface area (Å²) in [7, 11) is -3.94. The lowest BCUT2D eigenvalue weighted by molar-refractivity contribution is -0.155. The molecular weight excluding hydrogens is 385 g/mol. The molecule has 1 saturated carbocycles. The van der Waals surface area contributed by atoms with Crippen LogP contribution < -0.4 is 4.72 Å². The highest BCUT2D eigenvalue weighted by Gasteiger charge is 2.42. The number of nitrogens with zero attached hydrogens (tertiary/aromatic N) is 1. The van der Waals surface area contributed by atoms with Gasteiger partial charge in [-0.2, -0.15) is 13.2 Å². The first-order chi connectivity index (χ1) is 12.7. The van der Waals surface area contributed by atoms with Crippen LogP contribution in [0, 0.1) is 0 Å². The lowest BCUT2D eigenvalue weighted by Gasteiger charge is -2.04. The number of nitrogens with one attached hydrogen (secondary N) is 1. The molecule has 1 N–H and O–H groups in total. The average molecular weight is 398 g/mol. The number of sulfonamides is 1. The number of hydrogen-bond donors (Lipinski definition) is 1. The molecule has 1 fully saturated rings. The van der Waals surface area contributed by atoms with Gasteiger partial charge in [-0.1, -0.05) is 35.5 Å². The highest BCUT2D eigenvalue weighted by atomic mass is 32.2. The minimum absolute atomic E-state index is 0.0836. The van der Waals surface area contributed by atoms with E-state index >= 15 is 0 Å². The molecule has 2 heterocycles. The number of alkyl halides is 3. The molecule has 0 unspecified atom stereocenters. The maximum absolute atomic E-state index is 12.6. The predicted molar refractivity (Wildman–Crippen MR) is 87.1 cm³/mol. The zero-order valence-electron chi connectivity index (χ0n) is 13.6. The maximum atomic E-state index is 12.6. The summed E-state index contributed by atoms with van der Waals surface area (Å²) in [4.78, 5) is 0. The quantitative estimate of drug-likeness (QED) is 0.707. The first-order valence-corrected chi connectivity index (χ1v) is 9.44. The van der Waals surface area contributed by atoms with Gasteiger partial charge < -0.3 is 8.94 Å². The van der Waals surface area contributed by atoms with Crippen LogP contribution in [0.2, 0.25) is 0 Å². The van der Waals surface area contributed by atoms with Crippen LogP contribution in [0.15, 0.2) is 62.6 Å². The molecule has 6 nitrogen and oxygen atoms in total. The third-order valence-corrected chi connectivity index (χ3v) is 5.58. The van der Waals surface area contributed by atoms with Crippen molar-refractivity contribution in [2.75, 3.05) is 0 Å². The van der Waals surface area contributed by atoms with E-state index in [0.717, 1.165) is 5.56 Å². The normalized spacial score (nSPS) is 20.0. The van der Waals surface area contributed by atoms with Gasteiger partial charge >= 0.3 is 6.18 Å². The van der Waals surface area contributed by atoms with E-state index in [4.69, 9.17) is 4.42 Å². The summed E-state index contributed by atoms with van der Waals surface area (Å²) in [6.07, 6.45) is -4.03. The Balaban J connectivity index is 1.49. The topological polar surface area (TPSA) is 85.3 Å². The second-order valence-electron chi connectivity index (χ2n) is 6.17. The van der Waals surface area contributed by atoms with Gasteiger partial charge in [0.2, 0.25) is 10.9 Å². The molecule has 10 heteroatoms. The summed E-state index contributed by atoms with van der Waals surface area (Å²) in [5.41, 5.74) is 0.796. The first-order valence-electron chi connectivity index (χ1n) is 7.95. The van der Waals surface area contributed by atoms with Crippen molar-refractivity contribution in [1.29, 1.82) is 0 Å². The minimum atomic E-state index is -4.69. The standard InChI is InChI=1S/C17H13F3N2O4S/c18-17(19,20)15-9-13(21-26-15)14-6-7-16(25-14)27(23,24)22-12-8-11(12)10-4-2-1-3-5-10/h1-7,9,11-12,22H,8H2/t11-,12+/m1/s1. The lowest BCUT2D eigenvalue weighted by atomic mass is 10.1. The molecule has 2 atom stereocenters. The van der Waals surface area contributed by atoms with E-state index in [0.29, 0.717) is 12.5 Å². The molecule has 1 aliphatic rings. The lowest BCUT2D eigenvalue weighted by Crippen LogP contribution is -2.26. The van der Waals surface area contributed by atoms with Gasteiger partial charge in [-0.15, -0.1) is 0 Å². The van der Waals surface area contributed by atoms with E-state index < -0.39 is 27.1 Å². The highest BCUT2D eigenvalue weighted by Crippen LogP contribution is 2.41. The van der Waals surface area contributed by atoms with E-state index in [-0.39, 0.29) is 23.4 Å². The number of benzene rings is 1. The van der Waals surface area contributed by atoms with Crippen molar-refractivity contribution in [2.45, 2.75) is 29.6 Å². The zero-order chi connectivity index (χ0) is 19.2. The van der Waals surface area contributed by atoms with Gasteiger partial charge in [0.1, 0.15) is 5.69 Å². The Morgan fingerprint density at radius 1 is 1.11 bits per heavy atom. The summed E-state index contributed by atoms with van der Waals surface area (Å²) in [6.45, 7) is 0. The van der Waals surface area contributed by atoms with Gasteiger partial charge in [0.05, 0.1) is 0 Å². The van der Waals surface area contributed by atoms with E-state index in [2.05, 4.69) is 14.4 Å². The number of halogens is 3. The molecule has 0 amide bonds. The van der Waals surface area contributed by atoms with Crippen molar-refractivity contribution in [2.24, 2.45) is 0 Å². The van der Waals surface area contributed by atoms with Crippen molar-refractivity contribution in [3.8, 4) is 11.5 Å². The molecule has 142 valence electrons. The third kappa shape index (κ3) is 3.62. The molecule has 4 rings (SSSR count).